The molecule has 0 amide bonds. The Labute approximate surface area is 78.6 Å². The summed E-state index contributed by atoms with van der Waals surface area (Å²) in [6, 6.07) is 0.351. The molecule has 4 atom stereocenters. The molecule has 0 aromatic rings. The number of nitrogens with two attached hydrogens (primary N) is 1. The molecule has 13 heavy (non-hydrogen) atoms. The number of carbonyl (C=O) groups is 1. The molecule has 0 heterocycles. The minimum Gasteiger partial charge on any atom is -0.466 e. The molecule has 2 saturated carbocycles. The number of rotatable bonds is 2. The third kappa shape index (κ3) is 1.46. The van der Waals surface area contributed by atoms with E-state index in [4.69, 9.17) is 10.5 Å². The first-order valence-electron chi connectivity index (χ1n) is 5.14. The fourth-order valence-corrected chi connectivity index (χ4v) is 2.73. The van der Waals surface area contributed by atoms with Gasteiger partial charge in [0.1, 0.15) is 0 Å². The zero-order valence-corrected chi connectivity index (χ0v) is 8.03. The fraction of sp³-hybridized carbons (Fsp3) is 0.900. The zero-order chi connectivity index (χ0) is 9.42. The molecule has 0 spiro atoms. The first-order chi connectivity index (χ1) is 6.22. The summed E-state index contributed by atoms with van der Waals surface area (Å²) in [5.41, 5.74) is 5.85. The van der Waals surface area contributed by atoms with E-state index in [1.807, 2.05) is 6.92 Å². The van der Waals surface area contributed by atoms with Gasteiger partial charge in [0.15, 0.2) is 0 Å². The van der Waals surface area contributed by atoms with Gasteiger partial charge in [-0.1, -0.05) is 0 Å². The molecule has 2 rings (SSSR count). The zero-order valence-electron chi connectivity index (χ0n) is 8.03. The van der Waals surface area contributed by atoms with Crippen LogP contribution in [0.5, 0.6) is 0 Å². The van der Waals surface area contributed by atoms with E-state index in [2.05, 4.69) is 0 Å². The molecule has 74 valence electrons. The second-order valence-electron chi connectivity index (χ2n) is 4.24. The monoisotopic (exact) mass is 183 g/mol. The maximum absolute atomic E-state index is 11.4. The van der Waals surface area contributed by atoms with Crippen LogP contribution in [0.25, 0.3) is 0 Å². The number of ether oxygens (including phenoxy) is 1. The highest BCUT2D eigenvalue weighted by atomic mass is 16.5. The standard InChI is InChI=1S/C10H17NO2/c1-2-13-10(12)7-3-6-5-9(11)8(6)4-7/h6-9H,2-5,11H2,1H3/t6-,7+,8-,9-/m0/s1. The summed E-state index contributed by atoms with van der Waals surface area (Å²) in [4.78, 5) is 11.4. The lowest BCUT2D eigenvalue weighted by Gasteiger charge is -2.37. The van der Waals surface area contributed by atoms with Crippen molar-refractivity contribution in [3.63, 3.8) is 0 Å². The molecule has 0 aromatic heterocycles. The molecule has 2 N–H and O–H groups in total. The van der Waals surface area contributed by atoms with E-state index in [0.717, 1.165) is 19.3 Å². The number of hydrogen-bond acceptors (Lipinski definition) is 3. The number of fused-ring (bicyclic) bond motifs is 1. The van der Waals surface area contributed by atoms with Gasteiger partial charge < -0.3 is 10.5 Å². The van der Waals surface area contributed by atoms with Crippen LogP contribution in [-0.2, 0) is 9.53 Å². The molecule has 2 aliphatic carbocycles. The van der Waals surface area contributed by atoms with Gasteiger partial charge in [-0.05, 0) is 38.0 Å². The number of esters is 1. The molecule has 2 aliphatic rings. The summed E-state index contributed by atoms with van der Waals surface area (Å²) in [6.07, 6.45) is 3.09. The third-order valence-electron chi connectivity index (χ3n) is 3.49. The quantitative estimate of drug-likeness (QED) is 0.648. The molecular formula is C10H17NO2. The van der Waals surface area contributed by atoms with Crippen LogP contribution in [0.1, 0.15) is 26.2 Å². The van der Waals surface area contributed by atoms with Crippen LogP contribution in [0.15, 0.2) is 0 Å². The van der Waals surface area contributed by atoms with Gasteiger partial charge >= 0.3 is 5.97 Å². The predicted molar refractivity (Wildman–Crippen MR) is 48.9 cm³/mol. The highest BCUT2D eigenvalue weighted by molar-refractivity contribution is 5.73. The van der Waals surface area contributed by atoms with Crippen molar-refractivity contribution in [2.75, 3.05) is 6.61 Å². The Morgan fingerprint density at radius 1 is 1.46 bits per heavy atom. The Morgan fingerprint density at radius 3 is 2.77 bits per heavy atom. The van der Waals surface area contributed by atoms with Crippen LogP contribution < -0.4 is 5.73 Å². The Hall–Kier alpha value is -0.570. The second-order valence-corrected chi connectivity index (χ2v) is 4.24. The number of hydrogen-bond donors (Lipinski definition) is 1. The molecule has 0 radical (unpaired) electrons. The lowest BCUT2D eigenvalue weighted by atomic mass is 9.72. The largest absolute Gasteiger partial charge is 0.466 e. The van der Waals surface area contributed by atoms with E-state index in [9.17, 15) is 4.79 Å². The SMILES string of the molecule is CCOC(=O)[C@@H]1C[C@H]2C[C@H](N)[C@H]2C1. The van der Waals surface area contributed by atoms with Gasteiger partial charge in [0.25, 0.3) is 0 Å². The fourth-order valence-electron chi connectivity index (χ4n) is 2.73. The van der Waals surface area contributed by atoms with Crippen molar-refractivity contribution in [2.24, 2.45) is 23.5 Å². The van der Waals surface area contributed by atoms with Crippen molar-refractivity contribution in [1.82, 2.24) is 0 Å². The predicted octanol–water partition coefficient (Wildman–Crippen LogP) is 0.923. The van der Waals surface area contributed by atoms with Crippen molar-refractivity contribution in [2.45, 2.75) is 32.2 Å². The molecular weight excluding hydrogens is 166 g/mol. The van der Waals surface area contributed by atoms with E-state index in [1.54, 1.807) is 0 Å². The Bertz CT molecular complexity index is 217. The van der Waals surface area contributed by atoms with E-state index >= 15 is 0 Å². The van der Waals surface area contributed by atoms with Crippen LogP contribution in [0, 0.1) is 17.8 Å². The lowest BCUT2D eigenvalue weighted by molar-refractivity contribution is -0.147. The van der Waals surface area contributed by atoms with Gasteiger partial charge in [-0.15, -0.1) is 0 Å². The van der Waals surface area contributed by atoms with Crippen molar-refractivity contribution >= 4 is 5.97 Å². The van der Waals surface area contributed by atoms with Crippen LogP contribution in [0.4, 0.5) is 0 Å². The summed E-state index contributed by atoms with van der Waals surface area (Å²) in [6.45, 7) is 2.35. The smallest absolute Gasteiger partial charge is 0.308 e. The molecule has 2 fully saturated rings. The summed E-state index contributed by atoms with van der Waals surface area (Å²) in [5.74, 6) is 1.45. The lowest BCUT2D eigenvalue weighted by Crippen LogP contribution is -2.44. The highest BCUT2D eigenvalue weighted by Gasteiger charge is 2.48. The summed E-state index contributed by atoms with van der Waals surface area (Å²) in [5, 5.41) is 0. The minimum absolute atomic E-state index is 0.0101. The van der Waals surface area contributed by atoms with E-state index < -0.39 is 0 Å². The third-order valence-corrected chi connectivity index (χ3v) is 3.49. The first-order valence-corrected chi connectivity index (χ1v) is 5.14. The van der Waals surface area contributed by atoms with Gasteiger partial charge in [-0.25, -0.2) is 0 Å². The van der Waals surface area contributed by atoms with Crippen molar-refractivity contribution in [1.29, 1.82) is 0 Å². The summed E-state index contributed by atoms with van der Waals surface area (Å²) in [7, 11) is 0. The van der Waals surface area contributed by atoms with Gasteiger partial charge in [-0.2, -0.15) is 0 Å². The second kappa shape index (κ2) is 3.29. The molecule has 0 aromatic carbocycles. The molecule has 3 heteroatoms. The summed E-state index contributed by atoms with van der Waals surface area (Å²) >= 11 is 0. The maximum Gasteiger partial charge on any atom is 0.308 e. The highest BCUT2D eigenvalue weighted by Crippen LogP contribution is 2.49. The van der Waals surface area contributed by atoms with Gasteiger partial charge in [0, 0.05) is 6.04 Å². The number of carbonyl (C=O) groups excluding carboxylic acids is 1. The van der Waals surface area contributed by atoms with Gasteiger partial charge in [0.05, 0.1) is 12.5 Å². The minimum atomic E-state index is -0.0101. The van der Waals surface area contributed by atoms with Gasteiger partial charge in [-0.3, -0.25) is 4.79 Å². The maximum atomic E-state index is 11.4. The Morgan fingerprint density at radius 2 is 2.23 bits per heavy atom. The Balaban J connectivity index is 1.87. The van der Waals surface area contributed by atoms with E-state index in [0.29, 0.717) is 24.5 Å². The molecule has 3 nitrogen and oxygen atoms in total. The van der Waals surface area contributed by atoms with Crippen LogP contribution in [0.2, 0.25) is 0 Å². The first kappa shape index (κ1) is 9.00. The molecule has 0 unspecified atom stereocenters. The molecule has 0 saturated heterocycles. The Kier molecular flexibility index (Phi) is 2.28. The molecule has 0 aliphatic heterocycles. The topological polar surface area (TPSA) is 52.3 Å². The van der Waals surface area contributed by atoms with Crippen molar-refractivity contribution in [3.05, 3.63) is 0 Å². The average molecular weight is 183 g/mol. The average Bonchev–Trinajstić information content (AvgIpc) is 2.43. The molecule has 0 bridgehead atoms. The summed E-state index contributed by atoms with van der Waals surface area (Å²) < 4.78 is 5.01. The van der Waals surface area contributed by atoms with E-state index in [-0.39, 0.29) is 11.9 Å². The van der Waals surface area contributed by atoms with Crippen LogP contribution >= 0.6 is 0 Å². The van der Waals surface area contributed by atoms with E-state index in [1.165, 1.54) is 0 Å². The van der Waals surface area contributed by atoms with Crippen molar-refractivity contribution < 1.29 is 9.53 Å². The van der Waals surface area contributed by atoms with Crippen LogP contribution in [-0.4, -0.2) is 18.6 Å². The van der Waals surface area contributed by atoms with Crippen LogP contribution in [0.3, 0.4) is 0 Å². The normalized spacial score (nSPS) is 42.3. The van der Waals surface area contributed by atoms with Gasteiger partial charge in [0.2, 0.25) is 0 Å². The van der Waals surface area contributed by atoms with Crippen molar-refractivity contribution in [3.8, 4) is 0 Å².